The number of primary amides is 1. The van der Waals surface area contributed by atoms with Crippen LogP contribution in [0.2, 0.25) is 0 Å². The Morgan fingerprint density at radius 3 is 2.67 bits per heavy atom. The fraction of sp³-hybridized carbons (Fsp3) is 0.400. The number of nitrogens with two attached hydrogens (primary N) is 1. The third-order valence-electron chi connectivity index (χ3n) is 3.24. The van der Waals surface area contributed by atoms with Crippen LogP contribution in [0.1, 0.15) is 42.6 Å². The van der Waals surface area contributed by atoms with E-state index in [0.717, 1.165) is 29.7 Å². The summed E-state index contributed by atoms with van der Waals surface area (Å²) in [7, 11) is 1.83. The summed E-state index contributed by atoms with van der Waals surface area (Å²) < 4.78 is 0. The standard InChI is InChI=1S/C15H22N2O/c1-5-6-10(2)11(3)13-8-7-12(15(16)18)9-14(13)17-4/h7-10,17H,3,5-6H2,1-2,4H3,(H2,16,18). The van der Waals surface area contributed by atoms with Crippen LogP contribution >= 0.6 is 0 Å². The Balaban J connectivity index is 3.09. The maximum absolute atomic E-state index is 11.2. The highest BCUT2D eigenvalue weighted by atomic mass is 16.1. The van der Waals surface area contributed by atoms with Gasteiger partial charge < -0.3 is 11.1 Å². The Hall–Kier alpha value is -1.77. The van der Waals surface area contributed by atoms with Crippen LogP contribution in [-0.2, 0) is 0 Å². The molecule has 0 aliphatic rings. The number of nitrogens with one attached hydrogen (secondary N) is 1. The summed E-state index contributed by atoms with van der Waals surface area (Å²) in [5.41, 5.74) is 8.85. The first kappa shape index (κ1) is 14.3. The van der Waals surface area contributed by atoms with E-state index in [0.29, 0.717) is 11.5 Å². The molecule has 98 valence electrons. The number of carbonyl (C=O) groups excluding carboxylic acids is 1. The molecule has 3 heteroatoms. The van der Waals surface area contributed by atoms with Gasteiger partial charge in [-0.3, -0.25) is 4.79 Å². The molecule has 0 saturated heterocycles. The minimum Gasteiger partial charge on any atom is -0.388 e. The average Bonchev–Trinajstić information content (AvgIpc) is 2.37. The van der Waals surface area contributed by atoms with Gasteiger partial charge in [0.25, 0.3) is 0 Å². The highest BCUT2D eigenvalue weighted by molar-refractivity contribution is 5.95. The van der Waals surface area contributed by atoms with Crippen LogP contribution in [0.25, 0.3) is 5.57 Å². The molecule has 0 aliphatic heterocycles. The minimum absolute atomic E-state index is 0.412. The van der Waals surface area contributed by atoms with E-state index in [2.05, 4.69) is 25.7 Å². The lowest BCUT2D eigenvalue weighted by molar-refractivity contribution is 0.100. The number of anilines is 1. The number of carbonyl (C=O) groups is 1. The lowest BCUT2D eigenvalue weighted by atomic mass is 9.90. The Labute approximate surface area is 109 Å². The van der Waals surface area contributed by atoms with E-state index in [9.17, 15) is 4.79 Å². The molecule has 18 heavy (non-hydrogen) atoms. The van der Waals surface area contributed by atoms with Crippen molar-refractivity contribution in [2.45, 2.75) is 26.7 Å². The van der Waals surface area contributed by atoms with E-state index in [1.807, 2.05) is 13.1 Å². The number of hydrogen-bond donors (Lipinski definition) is 2. The Bertz CT molecular complexity index is 452. The SMILES string of the molecule is C=C(c1ccc(C(N)=O)cc1NC)C(C)CCC. The van der Waals surface area contributed by atoms with Gasteiger partial charge >= 0.3 is 0 Å². The lowest BCUT2D eigenvalue weighted by Crippen LogP contribution is -2.12. The first-order valence-corrected chi connectivity index (χ1v) is 6.32. The summed E-state index contributed by atoms with van der Waals surface area (Å²) in [5.74, 6) is 0.0202. The van der Waals surface area contributed by atoms with Gasteiger partial charge in [-0.15, -0.1) is 0 Å². The molecule has 3 nitrogen and oxygen atoms in total. The molecule has 0 fully saturated rings. The van der Waals surface area contributed by atoms with E-state index in [-0.39, 0.29) is 0 Å². The maximum atomic E-state index is 11.2. The molecule has 1 unspecified atom stereocenters. The molecule has 1 aromatic rings. The fourth-order valence-corrected chi connectivity index (χ4v) is 2.06. The Morgan fingerprint density at radius 1 is 1.50 bits per heavy atom. The zero-order chi connectivity index (χ0) is 13.7. The van der Waals surface area contributed by atoms with Crippen LogP contribution < -0.4 is 11.1 Å². The quantitative estimate of drug-likeness (QED) is 0.809. The Kier molecular flexibility index (Phi) is 4.95. The fourth-order valence-electron chi connectivity index (χ4n) is 2.06. The molecule has 1 aromatic carbocycles. The summed E-state index contributed by atoms with van der Waals surface area (Å²) in [6.07, 6.45) is 2.24. The van der Waals surface area contributed by atoms with Crippen molar-refractivity contribution in [3.05, 3.63) is 35.9 Å². The summed E-state index contributed by atoms with van der Waals surface area (Å²) in [6, 6.07) is 5.45. The van der Waals surface area contributed by atoms with Gasteiger partial charge in [0.2, 0.25) is 5.91 Å². The highest BCUT2D eigenvalue weighted by Crippen LogP contribution is 2.31. The van der Waals surface area contributed by atoms with Gasteiger partial charge in [0.05, 0.1) is 0 Å². The van der Waals surface area contributed by atoms with Crippen LogP contribution in [0.3, 0.4) is 0 Å². The van der Waals surface area contributed by atoms with Crippen LogP contribution in [0.4, 0.5) is 5.69 Å². The average molecular weight is 246 g/mol. The zero-order valence-corrected chi connectivity index (χ0v) is 11.4. The maximum Gasteiger partial charge on any atom is 0.248 e. The van der Waals surface area contributed by atoms with Crippen LogP contribution in [-0.4, -0.2) is 13.0 Å². The summed E-state index contributed by atoms with van der Waals surface area (Å²) in [4.78, 5) is 11.2. The largest absolute Gasteiger partial charge is 0.388 e. The molecule has 0 aliphatic carbocycles. The van der Waals surface area contributed by atoms with Gasteiger partial charge in [0, 0.05) is 23.9 Å². The number of hydrogen-bond acceptors (Lipinski definition) is 2. The molecular formula is C15H22N2O. The van der Waals surface area contributed by atoms with Crippen molar-refractivity contribution < 1.29 is 4.79 Å². The molecule has 1 amide bonds. The van der Waals surface area contributed by atoms with Crippen molar-refractivity contribution in [2.75, 3.05) is 12.4 Å². The summed E-state index contributed by atoms with van der Waals surface area (Å²) >= 11 is 0. The second-order valence-corrected chi connectivity index (χ2v) is 4.59. The van der Waals surface area contributed by atoms with Gasteiger partial charge in [-0.2, -0.15) is 0 Å². The van der Waals surface area contributed by atoms with Crippen molar-refractivity contribution in [3.63, 3.8) is 0 Å². The molecule has 1 rings (SSSR count). The van der Waals surface area contributed by atoms with Crippen molar-refractivity contribution in [1.82, 2.24) is 0 Å². The van der Waals surface area contributed by atoms with Crippen LogP contribution in [0, 0.1) is 5.92 Å². The third-order valence-corrected chi connectivity index (χ3v) is 3.24. The number of allylic oxidation sites excluding steroid dienone is 1. The third kappa shape index (κ3) is 3.13. The second kappa shape index (κ2) is 6.24. The summed E-state index contributed by atoms with van der Waals surface area (Å²) in [5, 5.41) is 3.10. The van der Waals surface area contributed by atoms with Gasteiger partial charge in [0.15, 0.2) is 0 Å². The van der Waals surface area contributed by atoms with Gasteiger partial charge in [0.1, 0.15) is 0 Å². The smallest absolute Gasteiger partial charge is 0.248 e. The predicted molar refractivity (Wildman–Crippen MR) is 77.6 cm³/mol. The predicted octanol–water partition coefficient (Wildman–Crippen LogP) is 3.28. The van der Waals surface area contributed by atoms with E-state index >= 15 is 0 Å². The highest BCUT2D eigenvalue weighted by Gasteiger charge is 2.13. The van der Waals surface area contributed by atoms with Gasteiger partial charge in [-0.05, 0) is 30.0 Å². The van der Waals surface area contributed by atoms with E-state index in [4.69, 9.17) is 5.73 Å². The molecule has 0 bridgehead atoms. The zero-order valence-electron chi connectivity index (χ0n) is 11.4. The molecule has 3 N–H and O–H groups in total. The molecule has 1 atom stereocenters. The minimum atomic E-state index is -0.412. The molecule has 0 radical (unpaired) electrons. The van der Waals surface area contributed by atoms with Crippen molar-refractivity contribution in [1.29, 1.82) is 0 Å². The van der Waals surface area contributed by atoms with Gasteiger partial charge in [-0.1, -0.05) is 32.9 Å². The molecule has 0 saturated carbocycles. The van der Waals surface area contributed by atoms with E-state index < -0.39 is 5.91 Å². The second-order valence-electron chi connectivity index (χ2n) is 4.59. The van der Waals surface area contributed by atoms with Crippen molar-refractivity contribution >= 4 is 17.2 Å². The molecule has 0 spiro atoms. The Morgan fingerprint density at radius 2 is 2.17 bits per heavy atom. The summed E-state index contributed by atoms with van der Waals surface area (Å²) in [6.45, 7) is 8.51. The number of amides is 1. The normalized spacial score (nSPS) is 11.9. The molecule has 0 aromatic heterocycles. The number of rotatable bonds is 6. The first-order valence-electron chi connectivity index (χ1n) is 6.32. The first-order chi connectivity index (χ1) is 8.51. The van der Waals surface area contributed by atoms with E-state index in [1.165, 1.54) is 0 Å². The van der Waals surface area contributed by atoms with E-state index in [1.54, 1.807) is 12.1 Å². The van der Waals surface area contributed by atoms with Crippen molar-refractivity contribution in [3.8, 4) is 0 Å². The topological polar surface area (TPSA) is 55.1 Å². The van der Waals surface area contributed by atoms with Crippen LogP contribution in [0.5, 0.6) is 0 Å². The van der Waals surface area contributed by atoms with Crippen LogP contribution in [0.15, 0.2) is 24.8 Å². The number of benzene rings is 1. The van der Waals surface area contributed by atoms with Gasteiger partial charge in [-0.25, -0.2) is 0 Å². The molecular weight excluding hydrogens is 224 g/mol. The monoisotopic (exact) mass is 246 g/mol. The lowest BCUT2D eigenvalue weighted by Gasteiger charge is -2.18. The molecule has 0 heterocycles. The van der Waals surface area contributed by atoms with Crippen molar-refractivity contribution in [2.24, 2.45) is 11.7 Å².